The third-order valence-corrected chi connectivity index (χ3v) is 21.8. The van der Waals surface area contributed by atoms with Crippen molar-refractivity contribution in [1.29, 1.82) is 0 Å². The highest BCUT2D eigenvalue weighted by molar-refractivity contribution is 6.82. The second kappa shape index (κ2) is 25.9. The number of rotatable bonds is 19. The fourth-order valence-electron chi connectivity index (χ4n) is 10.2. The van der Waals surface area contributed by atoms with E-state index >= 15 is 0 Å². The summed E-state index contributed by atoms with van der Waals surface area (Å²) in [5, 5.41) is 23.9. The average molecular weight is 1150 g/mol. The van der Waals surface area contributed by atoms with E-state index in [1.54, 1.807) is 13.8 Å². The molecule has 16 atom stereocenters. The van der Waals surface area contributed by atoms with Gasteiger partial charge in [-0.2, -0.15) is 0 Å². The molecule has 0 aliphatic carbocycles. The molecule has 7 rings (SSSR count). The van der Waals surface area contributed by atoms with Crippen molar-refractivity contribution < 1.29 is 66.8 Å². The monoisotopic (exact) mass is 1150 g/mol. The standard InChI is InChI=1S/C52H68Cl3N7O14Si/c1-29(2)50(6,7)77(8,9)52(65)45(58-49(64)69-28-51(53,54)55)44(39(31(4)76-52)66-25-33-19-13-10-14-20-33)75-47-38(60-62-57)43(71-32(5)63)40(30(3)70-47)73-48-37(59-61-56)42(67-26-34-21-15-11-16-22-34)41-36(72-48)27-68-46(74-41)35-23-17-12-18-24-35/h10-24,29-31,36-48,65H,25-28H2,1-9H3,(H,58,64)/t30-,31+,36+,37+,38-,39-,40+,41-,42+,43-,44-,45+,46?,47-,48-,52-/m0/s1. The molecule has 0 spiro atoms. The van der Waals surface area contributed by atoms with Gasteiger partial charge in [-0.3, -0.25) is 4.79 Å². The summed E-state index contributed by atoms with van der Waals surface area (Å²) < 4.78 is 69.1. The van der Waals surface area contributed by atoms with Gasteiger partial charge in [0.25, 0.3) is 0 Å². The summed E-state index contributed by atoms with van der Waals surface area (Å²) in [4.78, 5) is 33.5. The molecule has 420 valence electrons. The maximum atomic E-state index is 14.0. The molecule has 4 aliphatic heterocycles. The molecule has 3 aromatic carbocycles. The summed E-state index contributed by atoms with van der Waals surface area (Å²) in [5.41, 5.74) is 20.6. The van der Waals surface area contributed by atoms with E-state index in [1.807, 2.05) is 132 Å². The third kappa shape index (κ3) is 14.0. The minimum Gasteiger partial charge on any atom is -0.459 e. The van der Waals surface area contributed by atoms with Crippen molar-refractivity contribution in [3.05, 3.63) is 129 Å². The van der Waals surface area contributed by atoms with Crippen LogP contribution in [-0.2, 0) is 70.1 Å². The van der Waals surface area contributed by atoms with Crippen molar-refractivity contribution in [1.82, 2.24) is 5.32 Å². The number of carbonyl (C=O) groups is 2. The summed E-state index contributed by atoms with van der Waals surface area (Å²) >= 11 is 18.0. The number of azide groups is 2. The van der Waals surface area contributed by atoms with E-state index in [-0.39, 0.29) is 25.7 Å². The molecule has 21 nitrogen and oxygen atoms in total. The second-order valence-electron chi connectivity index (χ2n) is 21.0. The van der Waals surface area contributed by atoms with E-state index < -0.39 is 133 Å². The topological polar surface area (TPSA) is 265 Å². The van der Waals surface area contributed by atoms with Crippen LogP contribution in [0.1, 0.15) is 71.4 Å². The first-order chi connectivity index (χ1) is 36.5. The Balaban J connectivity index is 1.27. The number of carbonyl (C=O) groups excluding carboxylic acids is 2. The summed E-state index contributed by atoms with van der Waals surface area (Å²) in [6.45, 7) is 15.9. The number of hydrogen-bond donors (Lipinski definition) is 2. The highest BCUT2D eigenvalue weighted by atomic mass is 35.6. The van der Waals surface area contributed by atoms with Crippen molar-refractivity contribution in [2.24, 2.45) is 16.1 Å². The molecule has 4 heterocycles. The van der Waals surface area contributed by atoms with Gasteiger partial charge >= 0.3 is 12.1 Å². The lowest BCUT2D eigenvalue weighted by Crippen LogP contribution is -2.80. The molecule has 25 heteroatoms. The van der Waals surface area contributed by atoms with E-state index in [1.165, 1.54) is 0 Å². The molecular formula is C52H68Cl3N7O14Si. The molecule has 2 N–H and O–H groups in total. The van der Waals surface area contributed by atoms with Gasteiger partial charge in [-0.25, -0.2) is 4.79 Å². The zero-order valence-corrected chi connectivity index (χ0v) is 47.6. The Morgan fingerprint density at radius 2 is 1.32 bits per heavy atom. The normalized spacial score (nSPS) is 32.7. The molecule has 0 radical (unpaired) electrons. The molecular weight excluding hydrogens is 1080 g/mol. The average Bonchev–Trinajstić information content (AvgIpc) is 3.45. The summed E-state index contributed by atoms with van der Waals surface area (Å²) in [5.74, 6) is -0.810. The van der Waals surface area contributed by atoms with E-state index in [4.69, 9.17) is 86.9 Å². The molecule has 0 saturated carbocycles. The Labute approximate surface area is 463 Å². The third-order valence-electron chi connectivity index (χ3n) is 15.4. The first-order valence-electron chi connectivity index (χ1n) is 25.4. The fraction of sp³-hybridized carbons (Fsp3) is 0.615. The van der Waals surface area contributed by atoms with E-state index in [0.717, 1.165) is 23.6 Å². The number of nitrogens with zero attached hydrogens (tertiary/aromatic N) is 6. The lowest BCUT2D eigenvalue weighted by atomic mass is 9.93. The van der Waals surface area contributed by atoms with Crippen LogP contribution in [0.4, 0.5) is 4.79 Å². The molecule has 1 unspecified atom stereocenters. The zero-order valence-electron chi connectivity index (χ0n) is 44.3. The Bertz CT molecular complexity index is 2530. The van der Waals surface area contributed by atoms with Crippen molar-refractivity contribution >= 4 is 54.9 Å². The first-order valence-corrected chi connectivity index (χ1v) is 29.5. The van der Waals surface area contributed by atoms with Crippen LogP contribution in [0.5, 0.6) is 0 Å². The number of amides is 1. The van der Waals surface area contributed by atoms with Gasteiger partial charge in [0.2, 0.25) is 3.79 Å². The van der Waals surface area contributed by atoms with Gasteiger partial charge in [0.1, 0.15) is 75.5 Å². The summed E-state index contributed by atoms with van der Waals surface area (Å²) in [6, 6.07) is 23.6. The van der Waals surface area contributed by atoms with Gasteiger partial charge in [0.05, 0.1) is 32.0 Å². The van der Waals surface area contributed by atoms with Gasteiger partial charge in [0, 0.05) is 22.3 Å². The van der Waals surface area contributed by atoms with Gasteiger partial charge in [-0.15, -0.1) is 0 Å². The summed E-state index contributed by atoms with van der Waals surface area (Å²) in [7, 11) is -3.31. The minimum atomic E-state index is -3.31. The second-order valence-corrected chi connectivity index (χ2v) is 28.7. The highest BCUT2D eigenvalue weighted by Gasteiger charge is 2.67. The van der Waals surface area contributed by atoms with Gasteiger partial charge in [0.15, 0.2) is 24.3 Å². The van der Waals surface area contributed by atoms with E-state index in [2.05, 4.69) is 25.4 Å². The number of benzene rings is 3. The number of esters is 1. The van der Waals surface area contributed by atoms with Crippen LogP contribution in [-0.4, -0.2) is 133 Å². The molecule has 4 fully saturated rings. The maximum absolute atomic E-state index is 14.0. The SMILES string of the molecule is CC(=O)O[C@H]1[C@H](N=[N+]=[N-])[C@H](O[C@H]2[C@@H](OCc3ccccc3)[C@@H](C)O[C@](O)([Si](C)(C)C(C)(C)C(C)C)[C@@H]2NC(=O)OCC(Cl)(Cl)Cl)O[C@@H](C)[C@H]1O[C@@H]1O[C@@H]2COC(c3ccccc3)O[C@@H]2[C@H](OCc2ccccc2)[C@H]1N=[N+]=[N-]. The first kappa shape index (κ1) is 60.3. The quantitative estimate of drug-likeness (QED) is 0.0282. The number of halogens is 3. The number of fused-ring (bicyclic) bond motifs is 1. The Morgan fingerprint density at radius 1 is 0.792 bits per heavy atom. The zero-order chi connectivity index (χ0) is 55.9. The van der Waals surface area contributed by atoms with Crippen LogP contribution in [0.15, 0.2) is 101 Å². The molecule has 77 heavy (non-hydrogen) atoms. The number of alkyl halides is 3. The van der Waals surface area contributed by atoms with Crippen LogP contribution in [0.3, 0.4) is 0 Å². The van der Waals surface area contributed by atoms with Crippen LogP contribution in [0, 0.1) is 5.92 Å². The predicted octanol–water partition coefficient (Wildman–Crippen LogP) is 10.1. The molecule has 4 saturated heterocycles. The molecule has 3 aromatic rings. The van der Waals surface area contributed by atoms with E-state index in [0.29, 0.717) is 0 Å². The van der Waals surface area contributed by atoms with Gasteiger partial charge in [-0.1, -0.05) is 177 Å². The van der Waals surface area contributed by atoms with Crippen LogP contribution >= 0.6 is 34.8 Å². The Morgan fingerprint density at radius 3 is 1.87 bits per heavy atom. The molecule has 1 amide bonds. The van der Waals surface area contributed by atoms with E-state index in [9.17, 15) is 25.8 Å². The van der Waals surface area contributed by atoms with Crippen LogP contribution in [0.2, 0.25) is 18.1 Å². The number of alkyl carbamates (subject to hydrolysis) is 1. The van der Waals surface area contributed by atoms with Crippen molar-refractivity contribution in [3.8, 4) is 0 Å². The van der Waals surface area contributed by atoms with Crippen molar-refractivity contribution in [2.75, 3.05) is 13.2 Å². The smallest absolute Gasteiger partial charge is 0.407 e. The number of ether oxygens (including phenoxy) is 11. The molecule has 4 aliphatic rings. The minimum absolute atomic E-state index is 0.00424. The van der Waals surface area contributed by atoms with Crippen molar-refractivity contribution in [2.45, 2.75) is 181 Å². The Kier molecular flexibility index (Phi) is 20.3. The van der Waals surface area contributed by atoms with Crippen LogP contribution in [0.25, 0.3) is 20.9 Å². The highest BCUT2D eigenvalue weighted by Crippen LogP contribution is 2.53. The molecule has 0 bridgehead atoms. The Hall–Kier alpha value is -4.29. The largest absolute Gasteiger partial charge is 0.459 e. The lowest BCUT2D eigenvalue weighted by molar-refractivity contribution is -0.370. The molecule has 0 aromatic heterocycles. The lowest BCUT2D eigenvalue weighted by Gasteiger charge is -2.60. The maximum Gasteiger partial charge on any atom is 0.407 e. The van der Waals surface area contributed by atoms with Gasteiger partial charge < -0.3 is 62.5 Å². The van der Waals surface area contributed by atoms with Crippen molar-refractivity contribution in [3.63, 3.8) is 0 Å². The number of hydrogen-bond acceptors (Lipinski definition) is 16. The summed E-state index contributed by atoms with van der Waals surface area (Å²) in [6.07, 6.45) is -15.1. The number of nitrogens with one attached hydrogen (secondary N) is 1. The fourth-order valence-corrected chi connectivity index (χ4v) is 14.2. The van der Waals surface area contributed by atoms with Crippen LogP contribution < -0.4 is 5.32 Å². The number of aliphatic hydroxyl groups is 1. The van der Waals surface area contributed by atoms with Gasteiger partial charge in [-0.05, 0) is 47.0 Å². The predicted molar refractivity (Wildman–Crippen MR) is 285 cm³/mol.